The quantitative estimate of drug-likeness (QED) is 0.402. The highest BCUT2D eigenvalue weighted by Gasteiger charge is 2.07. The molecule has 0 bridgehead atoms. The van der Waals surface area contributed by atoms with Crippen LogP contribution in [0.5, 0.6) is 11.5 Å². The molecule has 0 saturated heterocycles. The first-order valence-electron chi connectivity index (χ1n) is 8.01. The van der Waals surface area contributed by atoms with E-state index >= 15 is 0 Å². The summed E-state index contributed by atoms with van der Waals surface area (Å²) in [4.78, 5) is 12.0. The predicted molar refractivity (Wildman–Crippen MR) is 103 cm³/mol. The van der Waals surface area contributed by atoms with E-state index in [-0.39, 0.29) is 5.91 Å². The fourth-order valence-corrected chi connectivity index (χ4v) is 3.58. The molecule has 1 aromatic heterocycles. The van der Waals surface area contributed by atoms with Crippen molar-refractivity contribution in [1.82, 2.24) is 10.2 Å². The van der Waals surface area contributed by atoms with Gasteiger partial charge in [-0.15, -0.1) is 10.2 Å². The maximum atomic E-state index is 12.0. The molecule has 0 atom stereocenters. The van der Waals surface area contributed by atoms with Crippen LogP contribution in [0.25, 0.3) is 6.08 Å². The molecule has 0 unspecified atom stereocenters. The molecule has 1 N–H and O–H groups in total. The van der Waals surface area contributed by atoms with Crippen LogP contribution >= 0.6 is 23.1 Å². The van der Waals surface area contributed by atoms with E-state index in [2.05, 4.69) is 15.5 Å². The van der Waals surface area contributed by atoms with Crippen LogP contribution in [0.3, 0.4) is 0 Å². The first kappa shape index (κ1) is 19.3. The molecule has 2 aromatic rings. The molecule has 25 heavy (non-hydrogen) atoms. The van der Waals surface area contributed by atoms with Crippen LogP contribution in [0.2, 0.25) is 0 Å². The molecule has 1 amide bonds. The molecule has 1 heterocycles. The molecule has 0 fully saturated rings. The van der Waals surface area contributed by atoms with Crippen LogP contribution in [-0.4, -0.2) is 35.1 Å². The molecule has 6 nitrogen and oxygen atoms in total. The van der Waals surface area contributed by atoms with E-state index in [1.54, 1.807) is 17.8 Å². The number of aromatic nitrogens is 2. The Balaban J connectivity index is 2.01. The monoisotopic (exact) mass is 379 g/mol. The van der Waals surface area contributed by atoms with Crippen molar-refractivity contribution in [1.29, 1.82) is 0 Å². The molecule has 2 rings (SSSR count). The maximum Gasteiger partial charge on any atom is 0.250 e. The van der Waals surface area contributed by atoms with Crippen molar-refractivity contribution in [3.63, 3.8) is 0 Å². The molecule has 0 aliphatic heterocycles. The highest BCUT2D eigenvalue weighted by Crippen LogP contribution is 2.29. The highest BCUT2D eigenvalue weighted by atomic mass is 32.2. The number of rotatable bonds is 9. The zero-order chi connectivity index (χ0) is 18.1. The number of carbonyl (C=O) groups is 1. The zero-order valence-corrected chi connectivity index (χ0v) is 16.1. The van der Waals surface area contributed by atoms with Gasteiger partial charge in [0.2, 0.25) is 11.0 Å². The normalized spacial score (nSPS) is 10.8. The minimum Gasteiger partial charge on any atom is -0.490 e. The third-order valence-electron chi connectivity index (χ3n) is 2.90. The maximum absolute atomic E-state index is 12.0. The van der Waals surface area contributed by atoms with Crippen LogP contribution in [0.15, 0.2) is 28.6 Å². The van der Waals surface area contributed by atoms with Gasteiger partial charge in [0.25, 0.3) is 0 Å². The first-order chi connectivity index (χ1) is 12.2. The topological polar surface area (TPSA) is 73.3 Å². The van der Waals surface area contributed by atoms with Gasteiger partial charge in [0.1, 0.15) is 0 Å². The summed E-state index contributed by atoms with van der Waals surface area (Å²) in [5, 5.41) is 11.1. The lowest BCUT2D eigenvalue weighted by molar-refractivity contribution is -0.111. The number of thioether (sulfide) groups is 1. The summed E-state index contributed by atoms with van der Waals surface area (Å²) in [6.07, 6.45) is 3.18. The van der Waals surface area contributed by atoms with Crippen LogP contribution in [-0.2, 0) is 4.79 Å². The Morgan fingerprint density at radius 2 is 1.96 bits per heavy atom. The summed E-state index contributed by atoms with van der Waals surface area (Å²) in [5.74, 6) is 2.02. The zero-order valence-electron chi connectivity index (χ0n) is 14.4. The molecule has 0 aliphatic carbocycles. The Bertz CT molecular complexity index is 732. The molecule has 1 aromatic carbocycles. The highest BCUT2D eigenvalue weighted by molar-refractivity contribution is 8.01. The van der Waals surface area contributed by atoms with Gasteiger partial charge < -0.3 is 9.47 Å². The third kappa shape index (κ3) is 6.06. The smallest absolute Gasteiger partial charge is 0.250 e. The summed E-state index contributed by atoms with van der Waals surface area (Å²) < 4.78 is 11.9. The van der Waals surface area contributed by atoms with E-state index in [1.807, 2.05) is 39.0 Å². The molecule has 0 aliphatic rings. The summed E-state index contributed by atoms with van der Waals surface area (Å²) in [7, 11) is 0. The molecular formula is C17H21N3O3S2. The van der Waals surface area contributed by atoms with Crippen LogP contribution in [0.4, 0.5) is 5.13 Å². The Kier molecular flexibility index (Phi) is 7.75. The Morgan fingerprint density at radius 1 is 1.20 bits per heavy atom. The number of anilines is 1. The van der Waals surface area contributed by atoms with Crippen molar-refractivity contribution in [2.75, 3.05) is 24.3 Å². The summed E-state index contributed by atoms with van der Waals surface area (Å²) >= 11 is 2.96. The Labute approximate surface area is 155 Å². The lowest BCUT2D eigenvalue weighted by Crippen LogP contribution is -2.07. The van der Waals surface area contributed by atoms with E-state index in [9.17, 15) is 4.79 Å². The Morgan fingerprint density at radius 3 is 2.68 bits per heavy atom. The number of hydrogen-bond acceptors (Lipinski definition) is 7. The summed E-state index contributed by atoms with van der Waals surface area (Å²) in [5.41, 5.74) is 0.849. The van der Waals surface area contributed by atoms with E-state index in [1.165, 1.54) is 17.4 Å². The van der Waals surface area contributed by atoms with Crippen molar-refractivity contribution in [2.24, 2.45) is 0 Å². The fourth-order valence-electron chi connectivity index (χ4n) is 1.93. The van der Waals surface area contributed by atoms with Crippen molar-refractivity contribution in [3.8, 4) is 11.5 Å². The van der Waals surface area contributed by atoms with Crippen LogP contribution < -0.4 is 14.8 Å². The molecule has 0 saturated carbocycles. The van der Waals surface area contributed by atoms with Gasteiger partial charge in [-0.2, -0.15) is 0 Å². The number of nitrogens with zero attached hydrogens (tertiary/aromatic N) is 2. The van der Waals surface area contributed by atoms with Crippen molar-refractivity contribution >= 4 is 40.2 Å². The van der Waals surface area contributed by atoms with E-state index < -0.39 is 0 Å². The van der Waals surface area contributed by atoms with Gasteiger partial charge in [0.05, 0.1) is 13.2 Å². The van der Waals surface area contributed by atoms with E-state index in [0.717, 1.165) is 15.7 Å². The fraction of sp³-hybridized carbons (Fsp3) is 0.353. The second-order valence-electron chi connectivity index (χ2n) is 4.70. The second kappa shape index (κ2) is 10.0. The number of benzene rings is 1. The number of hydrogen-bond donors (Lipinski definition) is 1. The van der Waals surface area contributed by atoms with Gasteiger partial charge in [-0.1, -0.05) is 36.1 Å². The van der Waals surface area contributed by atoms with Gasteiger partial charge in [0, 0.05) is 6.08 Å². The van der Waals surface area contributed by atoms with Crippen LogP contribution in [0, 0.1) is 0 Å². The molecule has 8 heteroatoms. The molecular weight excluding hydrogens is 358 g/mol. The van der Waals surface area contributed by atoms with Crippen molar-refractivity contribution < 1.29 is 14.3 Å². The predicted octanol–water partition coefficient (Wildman–Crippen LogP) is 4.10. The minimum atomic E-state index is -0.254. The minimum absolute atomic E-state index is 0.254. The average molecular weight is 380 g/mol. The van der Waals surface area contributed by atoms with Gasteiger partial charge in [-0.3, -0.25) is 10.1 Å². The first-order valence-corrected chi connectivity index (χ1v) is 9.81. The number of amides is 1. The van der Waals surface area contributed by atoms with Crippen LogP contribution in [0.1, 0.15) is 26.3 Å². The molecule has 0 spiro atoms. The third-order valence-corrected chi connectivity index (χ3v) is 4.75. The molecule has 134 valence electrons. The van der Waals surface area contributed by atoms with Crippen molar-refractivity contribution in [3.05, 3.63) is 29.8 Å². The number of ether oxygens (including phenoxy) is 2. The van der Waals surface area contributed by atoms with Gasteiger partial charge in [-0.05, 0) is 43.4 Å². The largest absolute Gasteiger partial charge is 0.490 e. The van der Waals surface area contributed by atoms with Gasteiger partial charge in [-0.25, -0.2) is 0 Å². The van der Waals surface area contributed by atoms with E-state index in [0.29, 0.717) is 29.8 Å². The van der Waals surface area contributed by atoms with Gasteiger partial charge in [0.15, 0.2) is 15.8 Å². The number of carbonyl (C=O) groups excluding carboxylic acids is 1. The van der Waals surface area contributed by atoms with Crippen molar-refractivity contribution in [2.45, 2.75) is 25.1 Å². The number of nitrogens with one attached hydrogen (secondary N) is 1. The van der Waals surface area contributed by atoms with E-state index in [4.69, 9.17) is 9.47 Å². The lowest BCUT2D eigenvalue weighted by Gasteiger charge is -2.11. The van der Waals surface area contributed by atoms with Gasteiger partial charge >= 0.3 is 0 Å². The Hall–Kier alpha value is -2.06. The second-order valence-corrected chi connectivity index (χ2v) is 7.19. The summed E-state index contributed by atoms with van der Waals surface area (Å²) in [6, 6.07) is 5.56. The average Bonchev–Trinajstić information content (AvgIpc) is 3.03. The lowest BCUT2D eigenvalue weighted by atomic mass is 10.2. The SMILES string of the molecule is CCOc1ccc(/C=C/C(=O)Nc2nnc(SCC)s2)cc1OCC. The summed E-state index contributed by atoms with van der Waals surface area (Å²) in [6.45, 7) is 6.99. The molecule has 0 radical (unpaired) electrons. The standard InChI is InChI=1S/C17H21N3O3S2/c1-4-22-13-9-7-12(11-14(13)23-5-2)8-10-15(21)18-16-19-20-17(25-16)24-6-3/h7-11H,4-6H2,1-3H3,(H,18,19,21)/b10-8+.